The molecule has 0 saturated carbocycles. The molecule has 0 aromatic carbocycles. The van der Waals surface area contributed by atoms with Crippen LogP contribution >= 0.6 is 47.8 Å². The van der Waals surface area contributed by atoms with Crippen LogP contribution in [0.15, 0.2) is 0 Å². The number of terminal acetylenes is 1. The maximum absolute atomic E-state index is 12.4. The monoisotopic (exact) mass is 615 g/mol. The van der Waals surface area contributed by atoms with Crippen molar-refractivity contribution in [3.05, 3.63) is 0 Å². The Morgan fingerprint density at radius 1 is 0.767 bits per heavy atom. The summed E-state index contributed by atoms with van der Waals surface area (Å²) < 4.78 is 3.25. The van der Waals surface area contributed by atoms with E-state index < -0.39 is 18.4 Å². The van der Waals surface area contributed by atoms with Gasteiger partial charge in [-0.05, 0) is 41.5 Å². The van der Waals surface area contributed by atoms with Gasteiger partial charge in [-0.3, -0.25) is 14.4 Å². The molecular weight excluding hydrogens is 586 g/mol. The Bertz CT molecular complexity index is 582. The van der Waals surface area contributed by atoms with Gasteiger partial charge < -0.3 is 20.7 Å². The Morgan fingerprint density at radius 2 is 1.07 bits per heavy atom. The lowest BCUT2D eigenvalue weighted by molar-refractivity contribution is -0.124. The van der Waals surface area contributed by atoms with Crippen molar-refractivity contribution in [3.63, 3.8) is 0 Å². The molecule has 7 nitrogen and oxygen atoms in total. The molecule has 0 aliphatic rings. The SMILES string of the molecule is C#CCOCC(CNC(=O)C(C)(C)Br)(CNC(=O)C(C)(C)Br)CNC(=O)C(C)(C)Br. The van der Waals surface area contributed by atoms with Gasteiger partial charge in [-0.25, -0.2) is 0 Å². The summed E-state index contributed by atoms with van der Waals surface area (Å²) >= 11 is 9.99. The van der Waals surface area contributed by atoms with E-state index in [1.165, 1.54) is 0 Å². The van der Waals surface area contributed by atoms with Gasteiger partial charge in [0, 0.05) is 25.0 Å². The summed E-state index contributed by atoms with van der Waals surface area (Å²) in [5.74, 6) is 1.70. The number of carbonyl (C=O) groups excluding carboxylic acids is 3. The molecule has 0 heterocycles. The predicted octanol–water partition coefficient (Wildman–Crippen LogP) is 2.49. The van der Waals surface area contributed by atoms with Crippen molar-refractivity contribution in [2.45, 2.75) is 54.5 Å². The van der Waals surface area contributed by atoms with E-state index in [4.69, 9.17) is 11.2 Å². The molecule has 0 radical (unpaired) electrons. The van der Waals surface area contributed by atoms with Gasteiger partial charge in [0.05, 0.1) is 19.6 Å². The third-order valence-electron chi connectivity index (χ3n) is 4.09. The van der Waals surface area contributed by atoms with Crippen molar-refractivity contribution in [1.82, 2.24) is 16.0 Å². The summed E-state index contributed by atoms with van der Waals surface area (Å²) in [5, 5.41) is 8.62. The molecule has 0 rings (SSSR count). The van der Waals surface area contributed by atoms with Crippen molar-refractivity contribution in [2.75, 3.05) is 32.8 Å². The molecule has 0 saturated heterocycles. The molecule has 0 atom stereocenters. The largest absolute Gasteiger partial charge is 0.368 e. The van der Waals surface area contributed by atoms with Crippen molar-refractivity contribution in [3.8, 4) is 12.3 Å². The quantitative estimate of drug-likeness (QED) is 0.178. The normalized spacial score (nSPS) is 12.7. The van der Waals surface area contributed by atoms with E-state index in [-0.39, 0.29) is 50.6 Å². The van der Waals surface area contributed by atoms with Crippen molar-refractivity contribution >= 4 is 65.5 Å². The fraction of sp³-hybridized carbons (Fsp3) is 0.750. The second-order valence-corrected chi connectivity index (χ2v) is 14.6. The molecule has 3 N–H and O–H groups in total. The van der Waals surface area contributed by atoms with Crippen LogP contribution in [0.5, 0.6) is 0 Å². The molecule has 0 aliphatic heterocycles. The molecule has 0 fully saturated rings. The molecule has 0 aromatic heterocycles. The average molecular weight is 618 g/mol. The highest BCUT2D eigenvalue weighted by atomic mass is 79.9. The Labute approximate surface area is 205 Å². The number of ether oxygens (including phenoxy) is 1. The summed E-state index contributed by atoms with van der Waals surface area (Å²) in [5.41, 5.74) is -0.827. The van der Waals surface area contributed by atoms with Gasteiger partial charge in [0.1, 0.15) is 6.61 Å². The summed E-state index contributed by atoms with van der Waals surface area (Å²) in [6.45, 7) is 11.0. The molecule has 0 unspecified atom stereocenters. The van der Waals surface area contributed by atoms with Crippen LogP contribution in [0.3, 0.4) is 0 Å². The van der Waals surface area contributed by atoms with E-state index in [9.17, 15) is 14.4 Å². The molecule has 3 amide bonds. The van der Waals surface area contributed by atoms with E-state index in [0.29, 0.717) is 0 Å². The maximum atomic E-state index is 12.4. The Hall–Kier alpha value is -0.630. The highest BCUT2D eigenvalue weighted by Crippen LogP contribution is 2.22. The van der Waals surface area contributed by atoms with Crippen LogP contribution in [0, 0.1) is 17.8 Å². The van der Waals surface area contributed by atoms with E-state index in [1.54, 1.807) is 41.5 Å². The van der Waals surface area contributed by atoms with Crippen molar-refractivity contribution in [2.24, 2.45) is 5.41 Å². The summed E-state index contributed by atoms with van der Waals surface area (Å²) in [7, 11) is 0. The topological polar surface area (TPSA) is 96.5 Å². The average Bonchev–Trinajstić information content (AvgIpc) is 2.59. The van der Waals surface area contributed by atoms with Crippen LogP contribution in [-0.2, 0) is 19.1 Å². The third-order valence-corrected chi connectivity index (χ3v) is 5.17. The Balaban J connectivity index is 5.68. The minimum Gasteiger partial charge on any atom is -0.368 e. The predicted molar refractivity (Wildman–Crippen MR) is 130 cm³/mol. The molecule has 172 valence electrons. The van der Waals surface area contributed by atoms with Crippen LogP contribution in [0.1, 0.15) is 41.5 Å². The van der Waals surface area contributed by atoms with E-state index in [2.05, 4.69) is 69.7 Å². The first kappa shape index (κ1) is 29.4. The highest BCUT2D eigenvalue weighted by molar-refractivity contribution is 9.10. The van der Waals surface area contributed by atoms with Gasteiger partial charge in [0.15, 0.2) is 0 Å². The lowest BCUT2D eigenvalue weighted by Gasteiger charge is -2.36. The number of hydrogen-bond donors (Lipinski definition) is 3. The second-order valence-electron chi connectivity index (χ2n) is 8.66. The number of rotatable bonds is 12. The van der Waals surface area contributed by atoms with Crippen LogP contribution in [-0.4, -0.2) is 63.5 Å². The molecule has 0 aliphatic carbocycles. The molecule has 0 spiro atoms. The van der Waals surface area contributed by atoms with Crippen LogP contribution in [0.25, 0.3) is 0 Å². The summed E-state index contributed by atoms with van der Waals surface area (Å²) in [6, 6.07) is 0. The number of halogens is 3. The first-order chi connectivity index (χ1) is 13.4. The van der Waals surface area contributed by atoms with Crippen LogP contribution in [0.2, 0.25) is 0 Å². The second kappa shape index (κ2) is 11.8. The zero-order chi connectivity index (χ0) is 23.8. The van der Waals surface area contributed by atoms with Crippen LogP contribution in [0.4, 0.5) is 0 Å². The van der Waals surface area contributed by atoms with Crippen molar-refractivity contribution < 1.29 is 19.1 Å². The number of amides is 3. The third kappa shape index (κ3) is 11.1. The van der Waals surface area contributed by atoms with Gasteiger partial charge in [-0.1, -0.05) is 53.7 Å². The molecule has 30 heavy (non-hydrogen) atoms. The standard InChI is InChI=1S/C20H32Br3N3O4/c1-8-9-30-13-20(10-24-14(27)17(2,3)21,11-25-15(28)18(4,5)22)12-26-16(29)19(6,7)23/h1H,9-13H2,2-7H3,(H,24,27)(H,25,28)(H,26,29). The van der Waals surface area contributed by atoms with Gasteiger partial charge in [0.2, 0.25) is 17.7 Å². The molecule has 0 aromatic rings. The smallest absolute Gasteiger partial charge is 0.236 e. The maximum Gasteiger partial charge on any atom is 0.236 e. The lowest BCUT2D eigenvalue weighted by Crippen LogP contribution is -2.57. The number of nitrogens with one attached hydrogen (secondary N) is 3. The number of alkyl halides is 3. The van der Waals surface area contributed by atoms with E-state index >= 15 is 0 Å². The Kier molecular flexibility index (Phi) is 11.6. The Morgan fingerprint density at radius 3 is 1.30 bits per heavy atom. The summed E-state index contributed by atoms with van der Waals surface area (Å²) in [4.78, 5) is 37.2. The molecule has 10 heteroatoms. The lowest BCUT2D eigenvalue weighted by atomic mass is 9.87. The minimum atomic E-state index is -0.827. The fourth-order valence-corrected chi connectivity index (χ4v) is 2.52. The van der Waals surface area contributed by atoms with Gasteiger partial charge in [0.25, 0.3) is 0 Å². The zero-order valence-electron chi connectivity index (χ0n) is 18.4. The number of hydrogen-bond acceptors (Lipinski definition) is 4. The first-order valence-corrected chi connectivity index (χ1v) is 11.8. The highest BCUT2D eigenvalue weighted by Gasteiger charge is 2.37. The van der Waals surface area contributed by atoms with Crippen LogP contribution < -0.4 is 16.0 Å². The fourth-order valence-electron chi connectivity index (χ4n) is 2.10. The first-order valence-electron chi connectivity index (χ1n) is 9.37. The van der Waals surface area contributed by atoms with Crippen molar-refractivity contribution in [1.29, 1.82) is 0 Å². The zero-order valence-corrected chi connectivity index (χ0v) is 23.1. The van der Waals surface area contributed by atoms with Gasteiger partial charge in [-0.2, -0.15) is 0 Å². The van der Waals surface area contributed by atoms with Gasteiger partial charge in [-0.15, -0.1) is 6.42 Å². The molecule has 0 bridgehead atoms. The minimum absolute atomic E-state index is 0.0649. The van der Waals surface area contributed by atoms with E-state index in [1.807, 2.05) is 0 Å². The van der Waals surface area contributed by atoms with E-state index in [0.717, 1.165) is 0 Å². The molecular formula is C20H32Br3N3O4. The summed E-state index contributed by atoms with van der Waals surface area (Å²) in [6.07, 6.45) is 5.29. The number of carbonyl (C=O) groups is 3. The van der Waals surface area contributed by atoms with Gasteiger partial charge >= 0.3 is 0 Å².